The molecular formula is C30H37N3O4S. The number of amides is 2. The van der Waals surface area contributed by atoms with Gasteiger partial charge in [-0.3, -0.25) is 13.9 Å². The van der Waals surface area contributed by atoms with Gasteiger partial charge < -0.3 is 10.2 Å². The van der Waals surface area contributed by atoms with Crippen molar-refractivity contribution in [3.8, 4) is 0 Å². The van der Waals surface area contributed by atoms with Crippen LogP contribution in [0.3, 0.4) is 0 Å². The molecule has 0 radical (unpaired) electrons. The molecule has 0 aromatic heterocycles. The van der Waals surface area contributed by atoms with Crippen molar-refractivity contribution in [3.63, 3.8) is 0 Å². The van der Waals surface area contributed by atoms with Crippen molar-refractivity contribution in [1.29, 1.82) is 0 Å². The van der Waals surface area contributed by atoms with Gasteiger partial charge in [0.15, 0.2) is 0 Å². The molecule has 0 heterocycles. The van der Waals surface area contributed by atoms with Crippen LogP contribution in [-0.4, -0.2) is 50.3 Å². The Morgan fingerprint density at radius 1 is 0.842 bits per heavy atom. The van der Waals surface area contributed by atoms with E-state index in [1.807, 2.05) is 64.1 Å². The standard InChI is InChI=1S/C30H37N3O4S/c1-22(2)31-30(35)25(5)32(19-18-26-11-7-6-8-12-26)29(34)21-33(27-13-9-10-24(4)20-27)38(36,37)28-16-14-23(3)15-17-28/h6-17,20,22,25H,18-19,21H2,1-5H3,(H,31,35)/t25-/m0/s1. The zero-order valence-electron chi connectivity index (χ0n) is 22.7. The highest BCUT2D eigenvalue weighted by Crippen LogP contribution is 2.25. The van der Waals surface area contributed by atoms with Gasteiger partial charge in [-0.25, -0.2) is 8.42 Å². The molecule has 0 saturated heterocycles. The van der Waals surface area contributed by atoms with Gasteiger partial charge in [0, 0.05) is 12.6 Å². The van der Waals surface area contributed by atoms with Crippen LogP contribution in [-0.2, 0) is 26.0 Å². The number of rotatable bonds is 11. The summed E-state index contributed by atoms with van der Waals surface area (Å²) in [6.45, 7) is 8.96. The highest BCUT2D eigenvalue weighted by Gasteiger charge is 2.32. The number of nitrogens with one attached hydrogen (secondary N) is 1. The number of hydrogen-bond acceptors (Lipinski definition) is 4. The largest absolute Gasteiger partial charge is 0.352 e. The summed E-state index contributed by atoms with van der Waals surface area (Å²) < 4.78 is 28.8. The Kier molecular flexibility index (Phi) is 9.69. The molecule has 1 atom stereocenters. The van der Waals surface area contributed by atoms with Gasteiger partial charge in [0.2, 0.25) is 11.8 Å². The number of carbonyl (C=O) groups excluding carboxylic acids is 2. The molecule has 7 nitrogen and oxygen atoms in total. The van der Waals surface area contributed by atoms with Crippen LogP contribution in [0.2, 0.25) is 0 Å². The van der Waals surface area contributed by atoms with Gasteiger partial charge >= 0.3 is 0 Å². The Balaban J connectivity index is 1.98. The summed E-state index contributed by atoms with van der Waals surface area (Å²) in [5, 5.41) is 2.87. The maximum Gasteiger partial charge on any atom is 0.264 e. The summed E-state index contributed by atoms with van der Waals surface area (Å²) in [5.74, 6) is -0.741. The number of nitrogens with zero attached hydrogens (tertiary/aromatic N) is 2. The predicted octanol–water partition coefficient (Wildman–Crippen LogP) is 4.48. The Hall–Kier alpha value is -3.65. The SMILES string of the molecule is Cc1ccc(S(=O)(=O)N(CC(=O)N(CCc2ccccc2)[C@@H](C)C(=O)NC(C)C)c2cccc(C)c2)cc1. The minimum atomic E-state index is -4.06. The fourth-order valence-electron chi connectivity index (χ4n) is 4.12. The summed E-state index contributed by atoms with van der Waals surface area (Å²) >= 11 is 0. The van der Waals surface area contributed by atoms with Crippen LogP contribution in [0.1, 0.15) is 37.5 Å². The van der Waals surface area contributed by atoms with E-state index in [1.54, 1.807) is 49.4 Å². The second kappa shape index (κ2) is 12.7. The average molecular weight is 536 g/mol. The monoisotopic (exact) mass is 535 g/mol. The topological polar surface area (TPSA) is 86.8 Å². The van der Waals surface area contributed by atoms with Crippen LogP contribution in [0.5, 0.6) is 0 Å². The lowest BCUT2D eigenvalue weighted by Gasteiger charge is -2.32. The molecule has 3 aromatic rings. The van der Waals surface area contributed by atoms with Gasteiger partial charge in [-0.2, -0.15) is 0 Å². The van der Waals surface area contributed by atoms with Crippen LogP contribution >= 0.6 is 0 Å². The summed E-state index contributed by atoms with van der Waals surface area (Å²) in [6, 6.07) is 22.4. The molecule has 0 bridgehead atoms. The Morgan fingerprint density at radius 2 is 1.50 bits per heavy atom. The molecule has 0 fully saturated rings. The lowest BCUT2D eigenvalue weighted by Crippen LogP contribution is -2.53. The molecule has 2 amide bonds. The number of benzene rings is 3. The van der Waals surface area contributed by atoms with E-state index in [4.69, 9.17) is 0 Å². The summed E-state index contributed by atoms with van der Waals surface area (Å²) in [6.07, 6.45) is 0.529. The van der Waals surface area contributed by atoms with E-state index in [0.717, 1.165) is 21.0 Å². The molecule has 0 unspecified atom stereocenters. The molecule has 0 saturated carbocycles. The second-order valence-electron chi connectivity index (χ2n) is 9.83. The number of carbonyl (C=O) groups is 2. The number of sulfonamides is 1. The van der Waals surface area contributed by atoms with E-state index in [-0.39, 0.29) is 23.4 Å². The summed E-state index contributed by atoms with van der Waals surface area (Å²) in [4.78, 5) is 28.3. The van der Waals surface area contributed by atoms with Crippen molar-refractivity contribution in [3.05, 3.63) is 95.6 Å². The van der Waals surface area contributed by atoms with E-state index in [2.05, 4.69) is 5.32 Å². The normalized spacial score (nSPS) is 12.2. The predicted molar refractivity (Wildman–Crippen MR) is 151 cm³/mol. The number of aryl methyl sites for hydroxylation is 2. The van der Waals surface area contributed by atoms with Crippen LogP contribution in [0.25, 0.3) is 0 Å². The van der Waals surface area contributed by atoms with Crippen molar-refractivity contribution >= 4 is 27.5 Å². The van der Waals surface area contributed by atoms with E-state index in [0.29, 0.717) is 12.1 Å². The molecule has 8 heteroatoms. The molecule has 0 aliphatic heterocycles. The fraction of sp³-hybridized carbons (Fsp3) is 0.333. The third-order valence-electron chi connectivity index (χ3n) is 6.26. The van der Waals surface area contributed by atoms with Gasteiger partial charge in [0.1, 0.15) is 12.6 Å². The first kappa shape index (κ1) is 28.9. The molecule has 202 valence electrons. The van der Waals surface area contributed by atoms with Gasteiger partial charge in [-0.1, -0.05) is 60.2 Å². The fourth-order valence-corrected chi connectivity index (χ4v) is 5.53. The van der Waals surface area contributed by atoms with E-state index in [1.165, 1.54) is 4.90 Å². The molecule has 38 heavy (non-hydrogen) atoms. The zero-order valence-corrected chi connectivity index (χ0v) is 23.5. The minimum Gasteiger partial charge on any atom is -0.352 e. The summed E-state index contributed by atoms with van der Waals surface area (Å²) in [5.41, 5.74) is 3.20. The van der Waals surface area contributed by atoms with Crippen molar-refractivity contribution in [2.75, 3.05) is 17.4 Å². The first-order valence-corrected chi connectivity index (χ1v) is 14.2. The van der Waals surface area contributed by atoms with E-state index >= 15 is 0 Å². The van der Waals surface area contributed by atoms with Crippen LogP contribution in [0.15, 0.2) is 83.8 Å². The number of anilines is 1. The molecule has 0 spiro atoms. The molecule has 3 rings (SSSR count). The summed E-state index contributed by atoms with van der Waals surface area (Å²) in [7, 11) is -4.06. The van der Waals surface area contributed by atoms with Crippen LogP contribution < -0.4 is 9.62 Å². The molecule has 0 aliphatic carbocycles. The molecule has 0 aliphatic rings. The molecule has 3 aromatic carbocycles. The first-order chi connectivity index (χ1) is 18.0. The first-order valence-electron chi connectivity index (χ1n) is 12.8. The Morgan fingerprint density at radius 3 is 2.11 bits per heavy atom. The van der Waals surface area contributed by atoms with Crippen molar-refractivity contribution < 1.29 is 18.0 Å². The van der Waals surface area contributed by atoms with Gasteiger partial charge in [0.05, 0.1) is 10.6 Å². The van der Waals surface area contributed by atoms with Crippen LogP contribution in [0, 0.1) is 13.8 Å². The van der Waals surface area contributed by atoms with Crippen molar-refractivity contribution in [1.82, 2.24) is 10.2 Å². The highest BCUT2D eigenvalue weighted by atomic mass is 32.2. The Bertz CT molecular complexity index is 1340. The minimum absolute atomic E-state index is 0.0956. The van der Waals surface area contributed by atoms with Gasteiger partial charge in [0.25, 0.3) is 10.0 Å². The van der Waals surface area contributed by atoms with Gasteiger partial charge in [-0.05, 0) is 76.4 Å². The molecule has 1 N–H and O–H groups in total. The lowest BCUT2D eigenvalue weighted by atomic mass is 10.1. The van der Waals surface area contributed by atoms with E-state index in [9.17, 15) is 18.0 Å². The third-order valence-corrected chi connectivity index (χ3v) is 8.05. The van der Waals surface area contributed by atoms with E-state index < -0.39 is 28.5 Å². The lowest BCUT2D eigenvalue weighted by molar-refractivity contribution is -0.139. The Labute approximate surface area is 226 Å². The smallest absolute Gasteiger partial charge is 0.264 e. The zero-order chi connectivity index (χ0) is 27.9. The van der Waals surface area contributed by atoms with Crippen molar-refractivity contribution in [2.45, 2.75) is 58.0 Å². The third kappa shape index (κ3) is 7.44. The average Bonchev–Trinajstić information content (AvgIpc) is 2.87. The second-order valence-corrected chi connectivity index (χ2v) is 11.7. The number of hydrogen-bond donors (Lipinski definition) is 1. The highest BCUT2D eigenvalue weighted by molar-refractivity contribution is 7.92. The van der Waals surface area contributed by atoms with Gasteiger partial charge in [-0.15, -0.1) is 0 Å². The maximum absolute atomic E-state index is 13.8. The van der Waals surface area contributed by atoms with Crippen LogP contribution in [0.4, 0.5) is 5.69 Å². The van der Waals surface area contributed by atoms with Crippen molar-refractivity contribution in [2.24, 2.45) is 0 Å². The molecular weight excluding hydrogens is 498 g/mol. The maximum atomic E-state index is 13.8. The quantitative estimate of drug-likeness (QED) is 0.392.